The fourth-order valence-electron chi connectivity index (χ4n) is 6.31. The highest BCUT2D eigenvalue weighted by atomic mass is 16.5. The fourth-order valence-corrected chi connectivity index (χ4v) is 6.31. The van der Waals surface area contributed by atoms with Crippen LogP contribution in [0, 0.1) is 59.2 Å². The number of fused-ring (bicyclic) bond motifs is 2. The first-order chi connectivity index (χ1) is 20.2. The van der Waals surface area contributed by atoms with Crippen molar-refractivity contribution >= 4 is 11.8 Å². The van der Waals surface area contributed by atoms with Crippen molar-refractivity contribution < 1.29 is 33.3 Å². The van der Waals surface area contributed by atoms with E-state index < -0.39 is 0 Å². The number of hydrogen-bond donors (Lipinski definition) is 2. The van der Waals surface area contributed by atoms with E-state index in [4.69, 9.17) is 23.7 Å². The average Bonchev–Trinajstić information content (AvgIpc) is 3.79. The van der Waals surface area contributed by atoms with Crippen LogP contribution in [0.3, 0.4) is 0 Å². The molecule has 2 saturated carbocycles. The Labute approximate surface area is 245 Å². The van der Waals surface area contributed by atoms with Crippen molar-refractivity contribution in [3.63, 3.8) is 0 Å². The summed E-state index contributed by atoms with van der Waals surface area (Å²) in [6.07, 6.45) is 8.64. The fraction of sp³-hybridized carbons (Fsp3) is 0.812. The van der Waals surface area contributed by atoms with Crippen LogP contribution in [0.15, 0.2) is 0 Å². The molecule has 0 spiro atoms. The predicted molar refractivity (Wildman–Crippen MR) is 154 cm³/mol. The molecule has 9 nitrogen and oxygen atoms in total. The molecular weight excluding hydrogens is 524 g/mol. The van der Waals surface area contributed by atoms with Gasteiger partial charge in [0, 0.05) is 38.8 Å². The first-order valence-electron chi connectivity index (χ1n) is 15.6. The summed E-state index contributed by atoms with van der Waals surface area (Å²) < 4.78 is 27.8. The first kappa shape index (κ1) is 31.8. The molecule has 0 aliphatic heterocycles. The lowest BCUT2D eigenvalue weighted by Crippen LogP contribution is -2.31. The Morgan fingerprint density at radius 2 is 0.854 bits per heavy atom. The van der Waals surface area contributed by atoms with Gasteiger partial charge >= 0.3 is 0 Å². The number of carbonyl (C=O) groups is 2. The van der Waals surface area contributed by atoms with E-state index in [9.17, 15) is 9.59 Å². The lowest BCUT2D eigenvalue weighted by Gasteiger charge is -2.09. The zero-order chi connectivity index (χ0) is 28.5. The molecule has 228 valence electrons. The van der Waals surface area contributed by atoms with Crippen LogP contribution in [0.25, 0.3) is 0 Å². The molecule has 4 rings (SSSR count). The van der Waals surface area contributed by atoms with Gasteiger partial charge in [-0.1, -0.05) is 0 Å². The van der Waals surface area contributed by atoms with E-state index >= 15 is 0 Å². The third-order valence-electron chi connectivity index (χ3n) is 8.65. The van der Waals surface area contributed by atoms with Crippen LogP contribution in [-0.2, 0) is 33.3 Å². The van der Waals surface area contributed by atoms with Crippen LogP contribution in [-0.4, -0.2) is 91.0 Å². The largest absolute Gasteiger partial charge is 0.377 e. The lowest BCUT2D eigenvalue weighted by atomic mass is 10.1. The van der Waals surface area contributed by atoms with Gasteiger partial charge in [-0.2, -0.15) is 0 Å². The number of carbonyl (C=O) groups excluding carboxylic acids is 2. The van der Waals surface area contributed by atoms with Crippen LogP contribution in [0.2, 0.25) is 0 Å². The van der Waals surface area contributed by atoms with Crippen molar-refractivity contribution in [3.05, 3.63) is 0 Å². The zero-order valence-electron chi connectivity index (χ0n) is 24.5. The maximum Gasteiger partial charge on any atom is 0.246 e. The third kappa shape index (κ3) is 11.9. The van der Waals surface area contributed by atoms with Crippen LogP contribution in [0.5, 0.6) is 0 Å². The van der Waals surface area contributed by atoms with E-state index in [1.165, 1.54) is 25.7 Å². The number of amides is 2. The van der Waals surface area contributed by atoms with Crippen molar-refractivity contribution in [3.8, 4) is 23.7 Å². The Balaban J connectivity index is 0.842. The standard InChI is InChI=1S/C32H48N2O7/c35-31(23-40-21-29-25-9-5-1-2-6-10-26(25)29)33-13-15-37-17-19-39-20-18-38-16-14-34-32(36)24-41-22-30-27-11-7-3-4-8-12-28(27)30/h25-30H,5-24H2,(H,33,35)(H,34,36). The Morgan fingerprint density at radius 3 is 1.22 bits per heavy atom. The van der Waals surface area contributed by atoms with Gasteiger partial charge in [0.15, 0.2) is 0 Å². The summed E-state index contributed by atoms with van der Waals surface area (Å²) in [7, 11) is 0. The highest BCUT2D eigenvalue weighted by Crippen LogP contribution is 2.53. The summed E-state index contributed by atoms with van der Waals surface area (Å²) in [5.41, 5.74) is 0. The number of ether oxygens (including phenoxy) is 5. The van der Waals surface area contributed by atoms with Crippen LogP contribution in [0.1, 0.15) is 51.4 Å². The molecule has 2 fully saturated rings. The summed E-state index contributed by atoms with van der Waals surface area (Å²) >= 11 is 0. The van der Waals surface area contributed by atoms with E-state index in [1.54, 1.807) is 0 Å². The van der Waals surface area contributed by atoms with Gasteiger partial charge in [-0.3, -0.25) is 9.59 Å². The van der Waals surface area contributed by atoms with E-state index in [0.29, 0.717) is 77.8 Å². The van der Waals surface area contributed by atoms with Gasteiger partial charge in [0.2, 0.25) is 11.8 Å². The minimum absolute atomic E-state index is 0.102. The lowest BCUT2D eigenvalue weighted by molar-refractivity contribution is -0.126. The maximum absolute atomic E-state index is 11.9. The first-order valence-corrected chi connectivity index (χ1v) is 15.6. The van der Waals surface area contributed by atoms with Crippen molar-refractivity contribution in [2.75, 3.05) is 79.2 Å². The van der Waals surface area contributed by atoms with Gasteiger partial charge in [-0.25, -0.2) is 0 Å². The van der Waals surface area contributed by atoms with E-state index in [0.717, 1.165) is 49.4 Å². The van der Waals surface area contributed by atoms with Crippen molar-refractivity contribution in [2.45, 2.75) is 51.4 Å². The molecule has 4 unspecified atom stereocenters. The van der Waals surface area contributed by atoms with Crippen molar-refractivity contribution in [1.29, 1.82) is 0 Å². The molecule has 0 aromatic carbocycles. The van der Waals surface area contributed by atoms with E-state index in [-0.39, 0.29) is 25.0 Å². The zero-order valence-corrected chi connectivity index (χ0v) is 24.5. The second-order valence-electron chi connectivity index (χ2n) is 11.4. The normalized spacial score (nSPS) is 27.6. The maximum atomic E-state index is 11.9. The molecular formula is C32H48N2O7. The molecule has 0 saturated heterocycles. The summed E-state index contributed by atoms with van der Waals surface area (Å²) in [5, 5.41) is 5.64. The quantitative estimate of drug-likeness (QED) is 0.170. The highest BCUT2D eigenvalue weighted by molar-refractivity contribution is 5.77. The molecule has 2 amide bonds. The molecule has 0 aromatic rings. The molecule has 2 N–H and O–H groups in total. The number of nitrogens with one attached hydrogen (secondary N) is 2. The topological polar surface area (TPSA) is 104 Å². The molecule has 0 aromatic heterocycles. The van der Waals surface area contributed by atoms with Gasteiger partial charge in [0.25, 0.3) is 0 Å². The monoisotopic (exact) mass is 572 g/mol. The third-order valence-corrected chi connectivity index (χ3v) is 8.65. The molecule has 9 heteroatoms. The SMILES string of the molecule is O=C(COCC1C2CCC#CCCC21)NCCOCCOCCOCCNC(=O)COCC1C2CCC#CCCC21. The molecule has 4 aliphatic carbocycles. The minimum Gasteiger partial charge on any atom is -0.377 e. The number of rotatable bonds is 20. The minimum atomic E-state index is -0.107. The summed E-state index contributed by atoms with van der Waals surface area (Å²) in [4.78, 5) is 23.9. The molecule has 0 radical (unpaired) electrons. The van der Waals surface area contributed by atoms with Gasteiger partial charge in [-0.15, -0.1) is 23.7 Å². The molecule has 41 heavy (non-hydrogen) atoms. The average molecular weight is 573 g/mol. The summed E-state index contributed by atoms with van der Waals surface area (Å²) in [5.74, 6) is 16.8. The predicted octanol–water partition coefficient (Wildman–Crippen LogP) is 2.18. The van der Waals surface area contributed by atoms with Crippen molar-refractivity contribution in [1.82, 2.24) is 10.6 Å². The van der Waals surface area contributed by atoms with Gasteiger partial charge in [0.05, 0.1) is 52.9 Å². The van der Waals surface area contributed by atoms with Crippen molar-refractivity contribution in [2.24, 2.45) is 35.5 Å². The van der Waals surface area contributed by atoms with Crippen LogP contribution >= 0.6 is 0 Å². The molecule has 0 bridgehead atoms. The molecule has 4 aliphatic rings. The van der Waals surface area contributed by atoms with Crippen LogP contribution < -0.4 is 10.6 Å². The Bertz CT molecular complexity index is 826. The summed E-state index contributed by atoms with van der Waals surface area (Å²) in [6, 6.07) is 0. The molecule has 4 atom stereocenters. The Hall–Kier alpha value is -2.14. The molecule has 0 heterocycles. The van der Waals surface area contributed by atoms with E-state index in [1.807, 2.05) is 0 Å². The van der Waals surface area contributed by atoms with Gasteiger partial charge < -0.3 is 34.3 Å². The summed E-state index contributed by atoms with van der Waals surface area (Å²) in [6.45, 7) is 5.12. The van der Waals surface area contributed by atoms with Gasteiger partial charge in [-0.05, 0) is 61.2 Å². The second kappa shape index (κ2) is 18.4. The Kier molecular flexibility index (Phi) is 14.3. The van der Waals surface area contributed by atoms with Crippen LogP contribution in [0.4, 0.5) is 0 Å². The second-order valence-corrected chi connectivity index (χ2v) is 11.4. The highest BCUT2D eigenvalue weighted by Gasteiger charge is 2.49. The smallest absolute Gasteiger partial charge is 0.246 e. The van der Waals surface area contributed by atoms with Gasteiger partial charge in [0.1, 0.15) is 13.2 Å². The number of hydrogen-bond acceptors (Lipinski definition) is 7. The Morgan fingerprint density at radius 1 is 0.512 bits per heavy atom. The van der Waals surface area contributed by atoms with E-state index in [2.05, 4.69) is 34.3 Å².